The fourth-order valence-electron chi connectivity index (χ4n) is 2.31. The first-order chi connectivity index (χ1) is 12.1. The zero-order chi connectivity index (χ0) is 17.6. The van der Waals surface area contributed by atoms with Gasteiger partial charge in [0.15, 0.2) is 0 Å². The van der Waals surface area contributed by atoms with Crippen LogP contribution in [0.5, 0.6) is 0 Å². The molecule has 124 valence electrons. The number of benzene rings is 2. The number of hydrogen-bond donors (Lipinski definition) is 2. The number of nitrogens with one attached hydrogen (secondary N) is 1. The number of nitrogens with zero attached hydrogens (tertiary/aromatic N) is 2. The molecule has 0 radical (unpaired) electrons. The van der Waals surface area contributed by atoms with Gasteiger partial charge >= 0.3 is 5.97 Å². The van der Waals surface area contributed by atoms with Crippen LogP contribution in [0, 0.1) is 0 Å². The average Bonchev–Trinajstić information content (AvgIpc) is 3.11. The normalized spacial score (nSPS) is 10.7. The molecule has 0 aliphatic heterocycles. The highest BCUT2D eigenvalue weighted by atomic mass is 16.4. The Bertz CT molecular complexity index is 913. The number of amides is 1. The zero-order valence-corrected chi connectivity index (χ0v) is 13.2. The molecule has 2 N–H and O–H groups in total. The van der Waals surface area contributed by atoms with Crippen molar-refractivity contribution in [1.82, 2.24) is 9.99 Å². The molecule has 3 aromatic rings. The van der Waals surface area contributed by atoms with Crippen molar-refractivity contribution in [1.29, 1.82) is 0 Å². The summed E-state index contributed by atoms with van der Waals surface area (Å²) in [6.07, 6.45) is 3.36. The lowest BCUT2D eigenvalue weighted by atomic mass is 10.2. The van der Waals surface area contributed by atoms with Crippen molar-refractivity contribution in [3.8, 4) is 5.69 Å². The molecule has 0 saturated carbocycles. The maximum Gasteiger partial charge on any atom is 0.335 e. The van der Waals surface area contributed by atoms with Gasteiger partial charge in [-0.2, -0.15) is 5.10 Å². The maximum atomic E-state index is 11.9. The second kappa shape index (κ2) is 7.27. The number of carboxylic acid groups (broad SMARTS) is 1. The number of aromatic nitrogens is 1. The van der Waals surface area contributed by atoms with Gasteiger partial charge in [0.05, 0.1) is 17.5 Å². The molecule has 1 amide bonds. The van der Waals surface area contributed by atoms with E-state index in [-0.39, 0.29) is 11.5 Å². The molecule has 0 unspecified atom stereocenters. The summed E-state index contributed by atoms with van der Waals surface area (Å²) in [6, 6.07) is 19.0. The summed E-state index contributed by atoms with van der Waals surface area (Å²) in [5, 5.41) is 12.9. The quantitative estimate of drug-likeness (QED) is 0.556. The molecule has 2 aromatic carbocycles. The Morgan fingerprint density at radius 3 is 2.32 bits per heavy atom. The van der Waals surface area contributed by atoms with Crippen LogP contribution >= 0.6 is 0 Å². The lowest BCUT2D eigenvalue weighted by Gasteiger charge is -2.06. The first kappa shape index (κ1) is 16.2. The second-order valence-corrected chi connectivity index (χ2v) is 5.22. The Kier molecular flexibility index (Phi) is 4.71. The number of carboxylic acids is 1. The second-order valence-electron chi connectivity index (χ2n) is 5.22. The van der Waals surface area contributed by atoms with Crippen LogP contribution in [0.3, 0.4) is 0 Å². The highest BCUT2D eigenvalue weighted by Crippen LogP contribution is 2.13. The van der Waals surface area contributed by atoms with Gasteiger partial charge in [0.2, 0.25) is 0 Å². The number of carbonyl (C=O) groups excluding carboxylic acids is 1. The predicted octanol–water partition coefficient (Wildman–Crippen LogP) is 2.94. The van der Waals surface area contributed by atoms with Crippen LogP contribution < -0.4 is 5.43 Å². The van der Waals surface area contributed by atoms with Crippen LogP contribution in [0.15, 0.2) is 78.0 Å². The maximum absolute atomic E-state index is 11.9. The molecule has 1 heterocycles. The van der Waals surface area contributed by atoms with Crippen LogP contribution in [0.25, 0.3) is 5.69 Å². The largest absolute Gasteiger partial charge is 0.478 e. The molecule has 0 saturated heterocycles. The topological polar surface area (TPSA) is 83.7 Å². The summed E-state index contributed by atoms with van der Waals surface area (Å²) in [5.74, 6) is -1.26. The van der Waals surface area contributed by atoms with E-state index in [4.69, 9.17) is 5.11 Å². The lowest BCUT2D eigenvalue weighted by Crippen LogP contribution is -2.17. The molecule has 0 atom stereocenters. The van der Waals surface area contributed by atoms with E-state index in [0.717, 1.165) is 11.4 Å². The minimum atomic E-state index is -0.968. The molecular formula is C19H15N3O3. The highest BCUT2D eigenvalue weighted by Gasteiger charge is 2.05. The third kappa shape index (κ3) is 3.81. The average molecular weight is 333 g/mol. The smallest absolute Gasteiger partial charge is 0.335 e. The molecule has 3 rings (SSSR count). The number of hydrogen-bond acceptors (Lipinski definition) is 3. The number of rotatable bonds is 5. The van der Waals surface area contributed by atoms with Gasteiger partial charge in [0.1, 0.15) is 0 Å². The first-order valence-electron chi connectivity index (χ1n) is 7.55. The Hall–Kier alpha value is -3.67. The fourth-order valence-corrected chi connectivity index (χ4v) is 2.31. The molecule has 0 bridgehead atoms. The predicted molar refractivity (Wildman–Crippen MR) is 94.2 cm³/mol. The van der Waals surface area contributed by atoms with E-state index in [2.05, 4.69) is 10.5 Å². The Balaban J connectivity index is 1.73. The molecule has 0 fully saturated rings. The highest BCUT2D eigenvalue weighted by molar-refractivity contribution is 5.94. The van der Waals surface area contributed by atoms with E-state index >= 15 is 0 Å². The molecule has 1 aromatic heterocycles. The van der Waals surface area contributed by atoms with Crippen molar-refractivity contribution in [3.63, 3.8) is 0 Å². The van der Waals surface area contributed by atoms with Gasteiger partial charge in [-0.25, -0.2) is 10.2 Å². The van der Waals surface area contributed by atoms with E-state index in [1.807, 2.05) is 29.0 Å². The Morgan fingerprint density at radius 2 is 1.64 bits per heavy atom. The summed E-state index contributed by atoms with van der Waals surface area (Å²) < 4.78 is 1.84. The number of hydrazone groups is 1. The van der Waals surface area contributed by atoms with Gasteiger partial charge in [0, 0.05) is 17.4 Å². The minimum Gasteiger partial charge on any atom is -0.478 e. The van der Waals surface area contributed by atoms with Gasteiger partial charge in [0.25, 0.3) is 5.91 Å². The van der Waals surface area contributed by atoms with E-state index in [1.165, 1.54) is 18.3 Å². The summed E-state index contributed by atoms with van der Waals surface area (Å²) >= 11 is 0. The molecule has 6 nitrogen and oxygen atoms in total. The van der Waals surface area contributed by atoms with Crippen molar-refractivity contribution in [3.05, 3.63) is 89.7 Å². The van der Waals surface area contributed by atoms with Gasteiger partial charge in [-0.3, -0.25) is 4.79 Å². The minimum absolute atomic E-state index is 0.223. The van der Waals surface area contributed by atoms with E-state index in [9.17, 15) is 9.59 Å². The molecule has 0 spiro atoms. The fraction of sp³-hybridized carbons (Fsp3) is 0. The van der Waals surface area contributed by atoms with E-state index in [0.29, 0.717) is 5.56 Å². The van der Waals surface area contributed by atoms with Gasteiger partial charge in [-0.05, 0) is 48.5 Å². The number of aromatic carboxylic acids is 1. The van der Waals surface area contributed by atoms with Crippen LogP contribution in [-0.2, 0) is 0 Å². The van der Waals surface area contributed by atoms with Crippen molar-refractivity contribution in [2.24, 2.45) is 5.10 Å². The van der Waals surface area contributed by atoms with Crippen molar-refractivity contribution in [2.45, 2.75) is 0 Å². The van der Waals surface area contributed by atoms with Crippen molar-refractivity contribution >= 4 is 18.1 Å². The van der Waals surface area contributed by atoms with E-state index < -0.39 is 5.97 Å². The van der Waals surface area contributed by atoms with Crippen molar-refractivity contribution in [2.75, 3.05) is 0 Å². The van der Waals surface area contributed by atoms with Crippen LogP contribution in [0.1, 0.15) is 26.4 Å². The summed E-state index contributed by atoms with van der Waals surface area (Å²) in [6.45, 7) is 0. The first-order valence-corrected chi connectivity index (χ1v) is 7.55. The molecule has 25 heavy (non-hydrogen) atoms. The van der Waals surface area contributed by atoms with Crippen LogP contribution in [0.2, 0.25) is 0 Å². The third-order valence-corrected chi connectivity index (χ3v) is 3.57. The Morgan fingerprint density at radius 1 is 0.920 bits per heavy atom. The molecular weight excluding hydrogens is 318 g/mol. The monoisotopic (exact) mass is 333 g/mol. The SMILES string of the molecule is O=C(O)c1ccc(-n2cccc2/C=N/NC(=O)c2ccccc2)cc1. The summed E-state index contributed by atoms with van der Waals surface area (Å²) in [7, 11) is 0. The van der Waals surface area contributed by atoms with Crippen LogP contribution in [-0.4, -0.2) is 27.8 Å². The van der Waals surface area contributed by atoms with Gasteiger partial charge in [-0.15, -0.1) is 0 Å². The van der Waals surface area contributed by atoms with Crippen molar-refractivity contribution < 1.29 is 14.7 Å². The Labute approximate surface area is 144 Å². The van der Waals surface area contributed by atoms with Gasteiger partial charge in [-0.1, -0.05) is 18.2 Å². The van der Waals surface area contributed by atoms with E-state index in [1.54, 1.807) is 36.4 Å². The lowest BCUT2D eigenvalue weighted by molar-refractivity contribution is 0.0696. The van der Waals surface area contributed by atoms with Gasteiger partial charge < -0.3 is 9.67 Å². The standard InChI is InChI=1S/C19H15N3O3/c23-18(14-5-2-1-3-6-14)21-20-13-17-7-4-12-22(17)16-10-8-15(9-11-16)19(24)25/h1-13H,(H,21,23)(H,24,25)/b20-13+. The number of carbonyl (C=O) groups is 2. The zero-order valence-electron chi connectivity index (χ0n) is 13.2. The molecule has 0 aliphatic rings. The molecule has 6 heteroatoms. The third-order valence-electron chi connectivity index (χ3n) is 3.57. The van der Waals surface area contributed by atoms with Crippen LogP contribution in [0.4, 0.5) is 0 Å². The summed E-state index contributed by atoms with van der Waals surface area (Å²) in [4.78, 5) is 22.9. The molecule has 0 aliphatic carbocycles. The summed E-state index contributed by atoms with van der Waals surface area (Å²) in [5.41, 5.74) is 4.77.